The van der Waals surface area contributed by atoms with Gasteiger partial charge in [0.15, 0.2) is 0 Å². The number of rotatable bonds is 7. The van der Waals surface area contributed by atoms with Crippen LogP contribution in [0.5, 0.6) is 0 Å². The number of carbonyl (C=O) groups excluding carboxylic acids is 2. The lowest BCUT2D eigenvalue weighted by Gasteiger charge is -2.25. The second-order valence-electron chi connectivity index (χ2n) is 11.2. The van der Waals surface area contributed by atoms with Crippen LogP contribution in [0.15, 0.2) is 58.4 Å². The Bertz CT molecular complexity index is 2020. The van der Waals surface area contributed by atoms with E-state index in [1.807, 2.05) is 41.3 Å². The highest BCUT2D eigenvalue weighted by Gasteiger charge is 2.27. The molecular formula is C31H28N10O4. The minimum atomic E-state index is -0.628. The van der Waals surface area contributed by atoms with E-state index in [-0.39, 0.29) is 29.7 Å². The Kier molecular flexibility index (Phi) is 7.08. The summed E-state index contributed by atoms with van der Waals surface area (Å²) < 4.78 is 0. The summed E-state index contributed by atoms with van der Waals surface area (Å²) >= 11 is 0. The molecule has 14 nitrogen and oxygen atoms in total. The smallest absolute Gasteiger partial charge is 0.270 e. The topological polar surface area (TPSA) is 202 Å². The van der Waals surface area contributed by atoms with Crippen molar-refractivity contribution in [3.05, 3.63) is 108 Å². The van der Waals surface area contributed by atoms with Crippen LogP contribution in [0.3, 0.4) is 0 Å². The second kappa shape index (κ2) is 11.4. The van der Waals surface area contributed by atoms with Gasteiger partial charge in [-0.2, -0.15) is 5.21 Å². The summed E-state index contributed by atoms with van der Waals surface area (Å²) in [4.78, 5) is 59.9. The van der Waals surface area contributed by atoms with Crippen molar-refractivity contribution in [3.8, 4) is 11.4 Å². The number of tetrazole rings is 1. The molecule has 2 amide bonds. The number of H-pyrrole nitrogens is 1. The van der Waals surface area contributed by atoms with Gasteiger partial charge in [0.05, 0.1) is 6.04 Å². The molecule has 0 saturated carbocycles. The molecule has 0 unspecified atom stereocenters. The molecule has 14 heteroatoms. The number of nitrogens with one attached hydrogen (secondary N) is 3. The molecule has 5 aromatic rings. The van der Waals surface area contributed by atoms with Crippen LogP contribution in [0.25, 0.3) is 11.4 Å². The zero-order chi connectivity index (χ0) is 31.1. The maximum absolute atomic E-state index is 13.1. The minimum Gasteiger partial charge on any atom is -0.394 e. The highest BCUT2D eigenvalue weighted by atomic mass is 16.2. The summed E-state index contributed by atoms with van der Waals surface area (Å²) in [6, 6.07) is 13.0. The summed E-state index contributed by atoms with van der Waals surface area (Å²) in [6.07, 6.45) is 4.36. The molecule has 0 fully saturated rings. The van der Waals surface area contributed by atoms with Crippen LogP contribution in [0, 0.1) is 0 Å². The van der Waals surface area contributed by atoms with Crippen molar-refractivity contribution in [2.45, 2.75) is 44.8 Å². The van der Waals surface area contributed by atoms with Crippen molar-refractivity contribution in [2.75, 3.05) is 17.2 Å². The molecule has 1 atom stereocenters. The number of anilines is 2. The second-order valence-corrected chi connectivity index (χ2v) is 11.2. The molecule has 3 heterocycles. The predicted octanol–water partition coefficient (Wildman–Crippen LogP) is 1.13. The van der Waals surface area contributed by atoms with Gasteiger partial charge in [0.25, 0.3) is 22.7 Å². The van der Waals surface area contributed by atoms with E-state index >= 15 is 0 Å². The van der Waals surface area contributed by atoms with Gasteiger partial charge in [-0.15, -0.1) is 10.2 Å². The maximum atomic E-state index is 13.1. The first kappa shape index (κ1) is 28.0. The van der Waals surface area contributed by atoms with Crippen LogP contribution in [0.1, 0.15) is 67.7 Å². The van der Waals surface area contributed by atoms with E-state index in [1.165, 1.54) is 12.4 Å². The van der Waals surface area contributed by atoms with Crippen LogP contribution < -0.4 is 32.1 Å². The molecule has 45 heavy (non-hydrogen) atoms. The molecule has 226 valence electrons. The van der Waals surface area contributed by atoms with Gasteiger partial charge in [0.2, 0.25) is 5.82 Å². The number of nitrogens with zero attached hydrogens (tertiary/aromatic N) is 6. The molecule has 0 spiro atoms. The van der Waals surface area contributed by atoms with E-state index < -0.39 is 22.7 Å². The number of nitrogens with two attached hydrogens (primary N) is 1. The number of fused-ring (bicyclic) bond motifs is 2. The van der Waals surface area contributed by atoms with Crippen LogP contribution in [0.4, 0.5) is 11.4 Å². The fourth-order valence-corrected chi connectivity index (χ4v) is 6.13. The van der Waals surface area contributed by atoms with Crippen LogP contribution in [-0.2, 0) is 25.9 Å². The minimum absolute atomic E-state index is 0.0216. The van der Waals surface area contributed by atoms with E-state index in [9.17, 15) is 19.2 Å². The molecular weight excluding hydrogens is 576 g/mol. The number of benzene rings is 2. The molecule has 1 aliphatic heterocycles. The van der Waals surface area contributed by atoms with Crippen molar-refractivity contribution in [1.82, 2.24) is 41.2 Å². The third-order valence-corrected chi connectivity index (χ3v) is 8.46. The standard InChI is InChI=1S/C31H28N10O4/c32-25-26(28(43)27(25)42)41-9-1-2-17-4-3-16(10-20(17)14-41)13-33-30(44)23-12-24(35-15-34-23)31(45)36-22-8-6-18-11-19(5-7-21(18)22)29-37-39-40-38-29/h3-5,7,10-12,15,22H,1-2,6,8-9,13-14,32H2,(H,33,44)(H,36,45)(H,37,38,39,40)/t22-/m0/s1. The van der Waals surface area contributed by atoms with E-state index in [0.717, 1.165) is 59.1 Å². The lowest BCUT2D eigenvalue weighted by Crippen LogP contribution is -2.42. The Morgan fingerprint density at radius 2 is 1.80 bits per heavy atom. The first-order valence-corrected chi connectivity index (χ1v) is 14.6. The number of amides is 2. The molecule has 2 aromatic heterocycles. The Balaban J connectivity index is 0.992. The van der Waals surface area contributed by atoms with Crippen LogP contribution in [-0.4, -0.2) is 49.0 Å². The van der Waals surface area contributed by atoms with E-state index in [0.29, 0.717) is 24.6 Å². The molecule has 3 aromatic carbocycles. The number of hydrogen-bond donors (Lipinski definition) is 4. The third-order valence-electron chi connectivity index (χ3n) is 8.46. The number of aromatic amines is 1. The predicted molar refractivity (Wildman–Crippen MR) is 163 cm³/mol. The average molecular weight is 605 g/mol. The number of aromatic nitrogens is 6. The largest absolute Gasteiger partial charge is 0.394 e. The van der Waals surface area contributed by atoms with Crippen molar-refractivity contribution in [2.24, 2.45) is 0 Å². The van der Waals surface area contributed by atoms with Crippen molar-refractivity contribution >= 4 is 23.2 Å². The van der Waals surface area contributed by atoms with Gasteiger partial charge in [0.1, 0.15) is 29.1 Å². The summed E-state index contributed by atoms with van der Waals surface area (Å²) in [7, 11) is 0. The highest BCUT2D eigenvalue weighted by molar-refractivity contribution is 5.97. The molecule has 5 N–H and O–H groups in total. The van der Waals surface area contributed by atoms with Crippen molar-refractivity contribution in [1.29, 1.82) is 0 Å². The number of nitrogen functional groups attached to an aromatic ring is 1. The van der Waals surface area contributed by atoms with Gasteiger partial charge >= 0.3 is 0 Å². The van der Waals surface area contributed by atoms with Crippen molar-refractivity contribution < 1.29 is 9.59 Å². The highest BCUT2D eigenvalue weighted by Crippen LogP contribution is 2.33. The number of hydrogen-bond acceptors (Lipinski definition) is 11. The monoisotopic (exact) mass is 604 g/mol. The quantitative estimate of drug-likeness (QED) is 0.194. The summed E-state index contributed by atoms with van der Waals surface area (Å²) in [6.45, 7) is 1.29. The van der Waals surface area contributed by atoms with Gasteiger partial charge in [0, 0.05) is 31.3 Å². The average Bonchev–Trinajstić information content (AvgIpc) is 3.70. The maximum Gasteiger partial charge on any atom is 0.270 e. The van der Waals surface area contributed by atoms with Crippen molar-refractivity contribution in [3.63, 3.8) is 0 Å². The molecule has 0 bridgehead atoms. The Morgan fingerprint density at radius 1 is 0.956 bits per heavy atom. The molecule has 0 radical (unpaired) electrons. The lowest BCUT2D eigenvalue weighted by atomic mass is 10.0. The summed E-state index contributed by atoms with van der Waals surface area (Å²) in [5.41, 5.74) is 11.1. The van der Waals surface area contributed by atoms with E-state index in [4.69, 9.17) is 5.73 Å². The summed E-state index contributed by atoms with van der Waals surface area (Å²) in [5, 5.41) is 20.0. The van der Waals surface area contributed by atoms with E-state index in [2.05, 4.69) is 41.2 Å². The number of carbonyl (C=O) groups is 2. The molecule has 0 saturated heterocycles. The fourth-order valence-electron chi connectivity index (χ4n) is 6.13. The Hall–Kier alpha value is -5.79. The van der Waals surface area contributed by atoms with Gasteiger partial charge < -0.3 is 21.3 Å². The lowest BCUT2D eigenvalue weighted by molar-refractivity contribution is 0.0931. The molecule has 1 aliphatic carbocycles. The van der Waals surface area contributed by atoms with Crippen LogP contribution in [0.2, 0.25) is 0 Å². The Labute approximate surface area is 255 Å². The van der Waals surface area contributed by atoms with Gasteiger partial charge in [-0.25, -0.2) is 9.97 Å². The normalized spacial score (nSPS) is 15.7. The van der Waals surface area contributed by atoms with Gasteiger partial charge in [-0.1, -0.05) is 30.3 Å². The van der Waals surface area contributed by atoms with Gasteiger partial charge in [-0.3, -0.25) is 19.2 Å². The van der Waals surface area contributed by atoms with E-state index in [1.54, 1.807) is 0 Å². The molecule has 2 aliphatic rings. The number of aryl methyl sites for hydroxylation is 2. The van der Waals surface area contributed by atoms with Crippen LogP contribution >= 0.6 is 0 Å². The van der Waals surface area contributed by atoms with Gasteiger partial charge in [-0.05, 0) is 64.8 Å². The zero-order valence-electron chi connectivity index (χ0n) is 24.0. The fraction of sp³-hybridized carbons (Fsp3) is 0.258. The molecule has 7 rings (SSSR count). The SMILES string of the molecule is Nc1c(N2CCCc3ccc(CNC(=O)c4cc(C(=O)N[C@H]5CCc6cc(-c7nn[nH]n7)ccc65)ncn4)cc3C2)c(=O)c1=O. The first-order valence-electron chi connectivity index (χ1n) is 14.6. The third kappa shape index (κ3) is 5.30. The first-order chi connectivity index (χ1) is 21.9. The zero-order valence-corrected chi connectivity index (χ0v) is 24.0. The summed E-state index contributed by atoms with van der Waals surface area (Å²) in [5.74, 6) is -0.335. The Morgan fingerprint density at radius 3 is 2.60 bits per heavy atom.